The summed E-state index contributed by atoms with van der Waals surface area (Å²) in [4.78, 5) is 16.8. The average molecular weight is 1010 g/mol. The predicted molar refractivity (Wildman–Crippen MR) is 302 cm³/mol. The van der Waals surface area contributed by atoms with Crippen molar-refractivity contribution in [3.8, 4) is 38.2 Å². The summed E-state index contributed by atoms with van der Waals surface area (Å²) < 4.78 is 37.9. The Hall–Kier alpha value is -7.51. The number of rotatable bonds is 4. The Morgan fingerprint density at radius 3 is 1.59 bits per heavy atom. The van der Waals surface area contributed by atoms with Crippen LogP contribution in [0.3, 0.4) is 0 Å². The van der Waals surface area contributed by atoms with Crippen molar-refractivity contribution in [1.82, 2.24) is 0 Å². The molecule has 0 amide bonds. The Labute approximate surface area is 425 Å². The van der Waals surface area contributed by atoms with Gasteiger partial charge in [-0.05, 0) is 181 Å². The monoisotopic (exact) mass is 1000 g/mol. The molecule has 0 radical (unpaired) electrons. The highest BCUT2D eigenvalue weighted by atomic mass is 29.0. The minimum Gasteiger partial charge on any atom is -0.468 e. The van der Waals surface area contributed by atoms with E-state index in [-0.39, 0.29) is 5.63 Å². The highest BCUT2D eigenvalue weighted by molar-refractivity contribution is 7.20. The topological polar surface area (TPSA) is 88.1 Å². The van der Waals surface area contributed by atoms with Crippen molar-refractivity contribution in [2.75, 3.05) is 0 Å². The first-order valence-corrected chi connectivity index (χ1v) is 30.4. The molecule has 73 heavy (non-hydrogen) atoms. The molecule has 13 aromatic rings. The van der Waals surface area contributed by atoms with Crippen molar-refractivity contribution < 1.29 is 27.1 Å². The quantitative estimate of drug-likeness (QED) is 0.0986. The molecule has 0 saturated carbocycles. The molecule has 14 rings (SSSR count). The summed E-state index contributed by atoms with van der Waals surface area (Å²) in [5, 5.41) is 13.4. The molecule has 10 heteroatoms. The first kappa shape index (κ1) is 45.4. The first-order chi connectivity index (χ1) is 35.0. The predicted octanol–water partition coefficient (Wildman–Crippen LogP) is 16.3. The number of hydrogen-bond acceptors (Lipinski definition) is 7. The molecule has 7 heterocycles. The molecule has 0 aliphatic carbocycles. The van der Waals surface area contributed by atoms with Crippen molar-refractivity contribution in [3.05, 3.63) is 189 Å². The molecular weight excluding hydrogens is 953 g/mol. The molecule has 0 unspecified atom stereocenters. The SMILES string of the molecule is Cc1cc2oc(=O)c3cc(C)cc4c3c2c(c1)[si](-c1ccc(C)o1)[si]4-c1ccc(C)o1.Cc1ccc(-[si]2c(-c3ccc4oc5ccc(C)cc5c4c3)c3cc(C)cc4c3c3c(cc(C)cc32)OC(C)(C)O4)cc1. The number of hydrogen-bond donors (Lipinski definition) is 0. The van der Waals surface area contributed by atoms with Crippen LogP contribution in [0, 0.1) is 55.4 Å². The number of fused-ring (bicyclic) bond motifs is 3. The molecule has 358 valence electrons. The number of furan rings is 3. The summed E-state index contributed by atoms with van der Waals surface area (Å²) in [6.45, 7) is 20.7. The van der Waals surface area contributed by atoms with Crippen LogP contribution in [-0.2, 0) is 0 Å². The fourth-order valence-corrected chi connectivity index (χ4v) is 24.1. The van der Waals surface area contributed by atoms with E-state index in [4.69, 9.17) is 27.1 Å². The number of ether oxygens (including phenoxy) is 2. The van der Waals surface area contributed by atoms with Gasteiger partial charge in [0.15, 0.2) is 0 Å². The molecule has 0 spiro atoms. The van der Waals surface area contributed by atoms with Crippen molar-refractivity contribution in [1.29, 1.82) is 0 Å². The third-order valence-electron chi connectivity index (χ3n) is 14.5. The first-order valence-electron chi connectivity index (χ1n) is 24.9. The number of benzene rings is 7. The molecule has 0 bridgehead atoms. The van der Waals surface area contributed by atoms with E-state index in [2.05, 4.69) is 144 Å². The van der Waals surface area contributed by atoms with Crippen molar-refractivity contribution in [2.24, 2.45) is 0 Å². The summed E-state index contributed by atoms with van der Waals surface area (Å²) in [5.74, 6) is 2.80. The van der Waals surface area contributed by atoms with Gasteiger partial charge >= 0.3 is 5.63 Å². The van der Waals surface area contributed by atoms with Gasteiger partial charge in [-0.3, -0.25) is 0 Å². The maximum absolute atomic E-state index is 13.0. The Kier molecular flexibility index (Phi) is 10.3. The molecule has 0 atom stereocenters. The van der Waals surface area contributed by atoms with Crippen molar-refractivity contribution >= 4 is 99.0 Å². The van der Waals surface area contributed by atoms with Crippen LogP contribution >= 0.6 is 0 Å². The zero-order chi connectivity index (χ0) is 50.4. The van der Waals surface area contributed by atoms with E-state index in [1.54, 1.807) is 0 Å². The van der Waals surface area contributed by atoms with Crippen molar-refractivity contribution in [2.45, 2.75) is 75.0 Å². The molecule has 0 fully saturated rings. The van der Waals surface area contributed by atoms with E-state index in [0.29, 0.717) is 11.0 Å². The highest BCUT2D eigenvalue weighted by Gasteiger charge is 2.33. The second kappa shape index (κ2) is 16.5. The van der Waals surface area contributed by atoms with Gasteiger partial charge in [-0.1, -0.05) is 77.4 Å². The summed E-state index contributed by atoms with van der Waals surface area (Å²) in [7, 11) is -4.20. The van der Waals surface area contributed by atoms with Gasteiger partial charge in [-0.2, -0.15) is 0 Å². The second-order valence-corrected chi connectivity index (χ2v) is 29.7. The Bertz CT molecular complexity index is 4530. The zero-order valence-electron chi connectivity index (χ0n) is 42.6. The van der Waals surface area contributed by atoms with Gasteiger partial charge in [0, 0.05) is 46.2 Å². The van der Waals surface area contributed by atoms with Crippen LogP contribution in [0.5, 0.6) is 11.5 Å². The van der Waals surface area contributed by atoms with Crippen LogP contribution in [0.4, 0.5) is 0 Å². The maximum Gasteiger partial charge on any atom is 0.344 e. The minimum absolute atomic E-state index is 0.273. The molecule has 0 N–H and O–H groups in total. The standard InChI is InChI=1S/C38H32O3Si.C25H20O4Si2/c1-21-7-11-26(12-8-21)42-34-19-24(4)18-33-36(34)35-29(16-23(3)17-32(35)40-38(5,6)41-33)37(42)25-10-14-31-28(20-25)27-15-22(2)9-13-30(27)39-31;1-13-9-17-23-19(11-13)30(21-7-5-15(3)27-21)31(22-8-6-16(4)28-22)20-12-14(2)10-18(24(20)23)29-25(17)26/h7-20H,1-6H3;5-12H,1-4H3. The Morgan fingerprint density at radius 2 is 0.932 bits per heavy atom. The molecule has 7 aromatic carbocycles. The third-order valence-corrected chi connectivity index (χ3v) is 25.8. The van der Waals surface area contributed by atoms with E-state index < -0.39 is 30.0 Å². The van der Waals surface area contributed by atoms with E-state index in [1.165, 1.54) is 63.9 Å². The summed E-state index contributed by atoms with van der Waals surface area (Å²) >= 11 is 0. The van der Waals surface area contributed by atoms with Crippen LogP contribution < -0.4 is 15.1 Å². The van der Waals surface area contributed by atoms with Crippen molar-refractivity contribution in [3.63, 3.8) is 0 Å². The molecule has 7 nitrogen and oxygen atoms in total. The Balaban J connectivity index is 0.000000148. The third kappa shape index (κ3) is 7.40. The fraction of sp³-hybridized carbons (Fsp3) is 0.175. The van der Waals surface area contributed by atoms with Gasteiger partial charge in [-0.25, -0.2) is 4.79 Å². The highest BCUT2D eigenvalue weighted by Crippen LogP contribution is 2.49. The fourth-order valence-electron chi connectivity index (χ4n) is 11.5. The largest absolute Gasteiger partial charge is 0.468 e. The van der Waals surface area contributed by atoms with Gasteiger partial charge in [0.25, 0.3) is 0 Å². The van der Waals surface area contributed by atoms with Gasteiger partial charge < -0.3 is 27.1 Å². The van der Waals surface area contributed by atoms with E-state index in [1.807, 2.05) is 58.9 Å². The van der Waals surface area contributed by atoms with Crippen LogP contribution in [0.25, 0.3) is 102 Å². The van der Waals surface area contributed by atoms with E-state index in [0.717, 1.165) is 83.0 Å². The molecule has 0 saturated heterocycles. The smallest absolute Gasteiger partial charge is 0.344 e. The molecule has 1 aliphatic heterocycles. The van der Waals surface area contributed by atoms with Crippen LogP contribution in [0.1, 0.15) is 58.7 Å². The van der Waals surface area contributed by atoms with Gasteiger partial charge in [0.05, 0.1) is 13.8 Å². The second-order valence-electron chi connectivity index (χ2n) is 20.8. The van der Waals surface area contributed by atoms with Crippen LogP contribution in [0.15, 0.2) is 156 Å². The minimum atomic E-state index is -1.46. The lowest BCUT2D eigenvalue weighted by Gasteiger charge is -2.26. The van der Waals surface area contributed by atoms with Gasteiger partial charge in [0.2, 0.25) is 5.79 Å². The van der Waals surface area contributed by atoms with E-state index >= 15 is 0 Å². The lowest BCUT2D eigenvalue weighted by molar-refractivity contribution is -0.0775. The lowest BCUT2D eigenvalue weighted by Crippen LogP contribution is -2.34. The van der Waals surface area contributed by atoms with Crippen LogP contribution in [0.2, 0.25) is 0 Å². The average Bonchev–Trinajstić information content (AvgIpc) is 4.06. The normalized spacial score (nSPS) is 13.2. The van der Waals surface area contributed by atoms with Crippen LogP contribution in [-0.4, -0.2) is 30.0 Å². The molecular formula is C63H52O7Si3. The molecule has 6 aromatic heterocycles. The van der Waals surface area contributed by atoms with Gasteiger partial charge in [0.1, 0.15) is 66.3 Å². The summed E-state index contributed by atoms with van der Waals surface area (Å²) in [6.07, 6.45) is 0. The maximum atomic E-state index is 13.0. The number of aryl methyl sites for hydroxylation is 8. The lowest BCUT2D eigenvalue weighted by atomic mass is 9.99. The Morgan fingerprint density at radius 1 is 0.397 bits per heavy atom. The van der Waals surface area contributed by atoms with E-state index in [9.17, 15) is 4.79 Å². The molecule has 1 aliphatic rings. The summed E-state index contributed by atoms with van der Waals surface area (Å²) in [5.41, 5.74) is 10.5. The zero-order valence-corrected chi connectivity index (χ0v) is 45.6. The van der Waals surface area contributed by atoms with Gasteiger partial charge in [-0.15, -0.1) is 0 Å². The summed E-state index contributed by atoms with van der Waals surface area (Å²) in [6, 6.07) is 48.1.